The van der Waals surface area contributed by atoms with Gasteiger partial charge in [0.1, 0.15) is 0 Å². The van der Waals surface area contributed by atoms with Gasteiger partial charge in [0.2, 0.25) is 0 Å². The Bertz CT molecular complexity index is 329. The maximum absolute atomic E-state index is 2.40. The lowest BCUT2D eigenvalue weighted by atomic mass is 10.4. The zero-order valence-corrected chi connectivity index (χ0v) is 9.50. The molecule has 1 aromatic carbocycles. The second-order valence-electron chi connectivity index (χ2n) is 2.54. The van der Waals surface area contributed by atoms with Gasteiger partial charge in [-0.25, -0.2) is 0 Å². The van der Waals surface area contributed by atoms with Crippen LogP contribution >= 0.6 is 33.5 Å². The van der Waals surface area contributed by atoms with Crippen LogP contribution in [0.4, 0.5) is 0 Å². The van der Waals surface area contributed by atoms with Crippen LogP contribution in [0, 0.1) is 3.57 Å². The van der Waals surface area contributed by atoms with Gasteiger partial charge < -0.3 is 0 Å². The van der Waals surface area contributed by atoms with Crippen LogP contribution in [0.25, 0.3) is 0 Å². The molecule has 0 saturated carbocycles. The molecular weight excluding hydrogens is 279 g/mol. The van der Waals surface area contributed by atoms with Crippen LogP contribution in [0.5, 0.6) is 0 Å². The van der Waals surface area contributed by atoms with Crippen molar-refractivity contribution in [2.45, 2.75) is 4.90 Å². The maximum atomic E-state index is 2.40. The van der Waals surface area contributed by atoms with Crippen LogP contribution < -0.4 is 0 Å². The first-order valence-electron chi connectivity index (χ1n) is 3.76. The van der Waals surface area contributed by atoms with E-state index in [9.17, 15) is 0 Å². The zero-order chi connectivity index (χ0) is 8.39. The van der Waals surface area contributed by atoms with Crippen molar-refractivity contribution in [1.82, 2.24) is 0 Å². The van der Waals surface area contributed by atoms with Crippen molar-refractivity contribution in [3.63, 3.8) is 0 Å². The molecule has 0 aromatic heterocycles. The molecule has 0 atom stereocenters. The molecule has 1 heterocycles. The first-order valence-corrected chi connectivity index (χ1v) is 6.32. The summed E-state index contributed by atoms with van der Waals surface area (Å²) in [4.78, 5) is 1.47. The molecule has 0 unspecified atom stereocenters. The van der Waals surface area contributed by atoms with Crippen molar-refractivity contribution in [3.05, 3.63) is 50.8 Å². The van der Waals surface area contributed by atoms with Crippen molar-refractivity contribution < 1.29 is 0 Å². The molecule has 1 aliphatic heterocycles. The third kappa shape index (κ3) is 1.59. The normalized spacial score (nSPS) is 17.2. The predicted molar refractivity (Wildman–Crippen MR) is 64.7 cm³/mol. The minimum absolute atomic E-state index is 0.130. The molecule has 0 N–H and O–H groups in total. The van der Waals surface area contributed by atoms with Crippen LogP contribution in [0.2, 0.25) is 0 Å². The van der Waals surface area contributed by atoms with Crippen molar-refractivity contribution in [2.24, 2.45) is 0 Å². The minimum atomic E-state index is -0.130. The molecule has 62 valence electrons. The fraction of sp³-hybridized carbons (Fsp3) is 0. The van der Waals surface area contributed by atoms with E-state index >= 15 is 0 Å². The number of halogens is 1. The molecule has 0 fully saturated rings. The summed E-state index contributed by atoms with van der Waals surface area (Å²) in [6, 6.07) is 8.58. The summed E-state index contributed by atoms with van der Waals surface area (Å²) in [5.74, 6) is 0. The molecule has 0 aliphatic carbocycles. The number of allylic oxidation sites excluding steroid dienone is 2. The SMILES string of the molecule is Ic1ccccc1[SH]1C=CC=C1. The second-order valence-corrected chi connectivity index (χ2v) is 5.60. The smallest absolute Gasteiger partial charge is 0.0255 e. The summed E-state index contributed by atoms with van der Waals surface area (Å²) in [6.45, 7) is 0. The van der Waals surface area contributed by atoms with Gasteiger partial charge in [0.25, 0.3) is 0 Å². The summed E-state index contributed by atoms with van der Waals surface area (Å²) in [6.07, 6.45) is 4.27. The molecule has 2 heteroatoms. The number of rotatable bonds is 1. The lowest BCUT2D eigenvalue weighted by Gasteiger charge is -2.11. The average molecular weight is 288 g/mol. The summed E-state index contributed by atoms with van der Waals surface area (Å²) in [5, 5.41) is 4.57. The molecule has 12 heavy (non-hydrogen) atoms. The lowest BCUT2D eigenvalue weighted by molar-refractivity contribution is 1.40. The van der Waals surface area contributed by atoms with Gasteiger partial charge in [-0.15, -0.1) is 0 Å². The van der Waals surface area contributed by atoms with E-state index in [-0.39, 0.29) is 10.9 Å². The van der Waals surface area contributed by atoms with Crippen LogP contribution in [0.1, 0.15) is 0 Å². The standard InChI is InChI=1S/C10H9IS/c11-9-5-1-2-6-10(9)12-7-3-4-8-12/h1-8,12H. The quantitative estimate of drug-likeness (QED) is 0.591. The molecular formula is C10H9IS. The topological polar surface area (TPSA) is 0 Å². The monoisotopic (exact) mass is 288 g/mol. The van der Waals surface area contributed by atoms with Gasteiger partial charge in [-0.3, -0.25) is 0 Å². The van der Waals surface area contributed by atoms with Crippen molar-refractivity contribution in [2.75, 3.05) is 0 Å². The van der Waals surface area contributed by atoms with Gasteiger partial charge in [0, 0.05) is 8.47 Å². The van der Waals surface area contributed by atoms with E-state index in [1.807, 2.05) is 0 Å². The third-order valence-electron chi connectivity index (χ3n) is 1.74. The fourth-order valence-corrected chi connectivity index (χ4v) is 3.95. The Kier molecular flexibility index (Phi) is 2.56. The first-order chi connectivity index (χ1) is 5.88. The molecule has 0 spiro atoms. The highest BCUT2D eigenvalue weighted by Gasteiger charge is 2.05. The summed E-state index contributed by atoms with van der Waals surface area (Å²) < 4.78 is 1.37. The van der Waals surface area contributed by atoms with Crippen molar-refractivity contribution >= 4 is 33.5 Å². The van der Waals surface area contributed by atoms with Crippen molar-refractivity contribution in [1.29, 1.82) is 0 Å². The second kappa shape index (κ2) is 3.66. The Hall–Kier alpha value is -0.220. The van der Waals surface area contributed by atoms with Crippen molar-refractivity contribution in [3.8, 4) is 0 Å². The average Bonchev–Trinajstić information content (AvgIpc) is 2.57. The van der Waals surface area contributed by atoms with E-state index in [0.29, 0.717) is 0 Å². The fourth-order valence-electron chi connectivity index (χ4n) is 1.16. The van der Waals surface area contributed by atoms with E-state index in [1.165, 1.54) is 8.47 Å². The van der Waals surface area contributed by atoms with Crippen LogP contribution in [0.15, 0.2) is 52.1 Å². The molecule has 2 rings (SSSR count). The number of hydrogen-bond donors (Lipinski definition) is 1. The Morgan fingerprint density at radius 2 is 1.67 bits per heavy atom. The summed E-state index contributed by atoms with van der Waals surface area (Å²) >= 11 is 2.40. The summed E-state index contributed by atoms with van der Waals surface area (Å²) in [5.41, 5.74) is 0. The molecule has 0 nitrogen and oxygen atoms in total. The number of hydrogen-bond acceptors (Lipinski definition) is 0. The van der Waals surface area contributed by atoms with E-state index in [0.717, 1.165) is 0 Å². The first kappa shape index (κ1) is 8.38. The van der Waals surface area contributed by atoms with Gasteiger partial charge >= 0.3 is 0 Å². The van der Waals surface area contributed by atoms with Crippen LogP contribution in [-0.4, -0.2) is 0 Å². The van der Waals surface area contributed by atoms with Crippen LogP contribution in [-0.2, 0) is 0 Å². The Balaban J connectivity index is 2.39. The highest BCUT2D eigenvalue weighted by Crippen LogP contribution is 2.43. The van der Waals surface area contributed by atoms with Gasteiger partial charge in [-0.2, -0.15) is 10.9 Å². The molecule has 1 aromatic rings. The summed E-state index contributed by atoms with van der Waals surface area (Å²) in [7, 11) is -0.130. The zero-order valence-electron chi connectivity index (χ0n) is 6.44. The van der Waals surface area contributed by atoms with E-state index in [2.05, 4.69) is 69.8 Å². The lowest BCUT2D eigenvalue weighted by Crippen LogP contribution is -1.79. The third-order valence-corrected chi connectivity index (χ3v) is 5.04. The Morgan fingerprint density at radius 3 is 2.33 bits per heavy atom. The highest BCUT2D eigenvalue weighted by atomic mass is 127. The van der Waals surface area contributed by atoms with E-state index in [4.69, 9.17) is 0 Å². The number of thiol groups is 1. The Labute approximate surface area is 88.9 Å². The maximum Gasteiger partial charge on any atom is 0.0255 e. The molecule has 0 radical (unpaired) electrons. The highest BCUT2D eigenvalue weighted by molar-refractivity contribution is 14.1. The predicted octanol–water partition coefficient (Wildman–Crippen LogP) is 3.69. The van der Waals surface area contributed by atoms with Gasteiger partial charge in [0.05, 0.1) is 0 Å². The number of benzene rings is 1. The van der Waals surface area contributed by atoms with Gasteiger partial charge in [0.15, 0.2) is 0 Å². The van der Waals surface area contributed by atoms with Crippen LogP contribution in [0.3, 0.4) is 0 Å². The van der Waals surface area contributed by atoms with E-state index in [1.54, 1.807) is 0 Å². The molecule has 0 amide bonds. The van der Waals surface area contributed by atoms with Gasteiger partial charge in [-0.1, -0.05) is 24.3 Å². The molecule has 0 saturated heterocycles. The molecule has 0 bridgehead atoms. The molecule has 1 aliphatic rings. The minimum Gasteiger partial charge on any atom is -0.185 e. The Morgan fingerprint density at radius 1 is 1.00 bits per heavy atom. The van der Waals surface area contributed by atoms with Gasteiger partial charge in [-0.05, 0) is 45.5 Å². The van der Waals surface area contributed by atoms with E-state index < -0.39 is 0 Å². The largest absolute Gasteiger partial charge is 0.185 e.